The average molecular weight is 515 g/mol. The van der Waals surface area contributed by atoms with Gasteiger partial charge in [-0.15, -0.1) is 0 Å². The van der Waals surface area contributed by atoms with Gasteiger partial charge in [-0.05, 0) is 53.9 Å². The molecular weight excluding hydrogens is 472 g/mol. The van der Waals surface area contributed by atoms with E-state index in [1.54, 1.807) is 6.92 Å². The minimum atomic E-state index is -1.95. The normalized spacial score (nSPS) is 16.4. The van der Waals surface area contributed by atoms with Crippen LogP contribution in [0.1, 0.15) is 60.8 Å². The number of piperazine rings is 1. The number of benzene rings is 3. The van der Waals surface area contributed by atoms with Crippen molar-refractivity contribution < 1.29 is 9.22 Å². The molecular formula is C32H42N2O2Si. The Bertz CT molecular complexity index is 1180. The first-order valence-corrected chi connectivity index (χ1v) is 16.3. The number of carbonyl (C=O) groups excluding carboxylic acids is 1. The van der Waals surface area contributed by atoms with Gasteiger partial charge in [-0.1, -0.05) is 87.5 Å². The molecule has 0 bridgehead atoms. The van der Waals surface area contributed by atoms with Gasteiger partial charge in [-0.2, -0.15) is 0 Å². The van der Waals surface area contributed by atoms with Crippen LogP contribution in [0.15, 0.2) is 78.9 Å². The van der Waals surface area contributed by atoms with Crippen molar-refractivity contribution in [3.8, 4) is 5.75 Å². The number of nitrogens with zero attached hydrogens (tertiary/aromatic N) is 2. The lowest BCUT2D eigenvalue weighted by atomic mass is 9.95. The lowest BCUT2D eigenvalue weighted by Gasteiger charge is -2.40. The van der Waals surface area contributed by atoms with Gasteiger partial charge >= 0.3 is 0 Å². The topological polar surface area (TPSA) is 32.8 Å². The van der Waals surface area contributed by atoms with Crippen molar-refractivity contribution in [1.29, 1.82) is 0 Å². The van der Waals surface area contributed by atoms with Gasteiger partial charge in [0, 0.05) is 38.3 Å². The molecule has 4 rings (SSSR count). The Morgan fingerprint density at radius 3 is 2.11 bits per heavy atom. The summed E-state index contributed by atoms with van der Waals surface area (Å²) in [5, 5.41) is 0.139. The summed E-state index contributed by atoms with van der Waals surface area (Å²) in [6, 6.07) is 27.7. The van der Waals surface area contributed by atoms with Crippen molar-refractivity contribution in [3.05, 3.63) is 101 Å². The maximum absolute atomic E-state index is 11.9. The molecule has 4 nitrogen and oxygen atoms in total. The average Bonchev–Trinajstić information content (AvgIpc) is 2.85. The van der Waals surface area contributed by atoms with Crippen LogP contribution in [0.5, 0.6) is 5.75 Å². The Morgan fingerprint density at radius 1 is 0.865 bits per heavy atom. The zero-order chi connectivity index (χ0) is 26.6. The number of ketones is 1. The molecule has 37 heavy (non-hydrogen) atoms. The van der Waals surface area contributed by atoms with Gasteiger partial charge in [-0.25, -0.2) is 0 Å². The molecule has 0 aliphatic carbocycles. The van der Waals surface area contributed by atoms with Crippen LogP contribution in [0.4, 0.5) is 0 Å². The second-order valence-electron chi connectivity index (χ2n) is 11.8. The lowest BCUT2D eigenvalue weighted by Crippen LogP contribution is -2.47. The van der Waals surface area contributed by atoms with Crippen molar-refractivity contribution in [1.82, 2.24) is 9.80 Å². The first-order chi connectivity index (χ1) is 17.5. The summed E-state index contributed by atoms with van der Waals surface area (Å²) in [6.45, 7) is 18.1. The lowest BCUT2D eigenvalue weighted by molar-refractivity contribution is 0.101. The van der Waals surface area contributed by atoms with Crippen LogP contribution < -0.4 is 4.43 Å². The van der Waals surface area contributed by atoms with Crippen LogP contribution in [-0.4, -0.2) is 50.1 Å². The van der Waals surface area contributed by atoms with Crippen LogP contribution in [-0.2, 0) is 6.54 Å². The molecule has 1 fully saturated rings. The van der Waals surface area contributed by atoms with Crippen LogP contribution in [0.25, 0.3) is 0 Å². The van der Waals surface area contributed by atoms with Gasteiger partial charge in [0.2, 0.25) is 8.32 Å². The predicted molar refractivity (Wildman–Crippen MR) is 156 cm³/mol. The fourth-order valence-corrected chi connectivity index (χ4v) is 5.75. The van der Waals surface area contributed by atoms with Crippen LogP contribution >= 0.6 is 0 Å². The minimum Gasteiger partial charge on any atom is -0.543 e. The van der Waals surface area contributed by atoms with Gasteiger partial charge in [0.05, 0.1) is 6.04 Å². The molecule has 1 atom stereocenters. The number of carbonyl (C=O) groups is 1. The molecule has 5 heteroatoms. The second kappa shape index (κ2) is 11.3. The molecule has 1 heterocycles. The van der Waals surface area contributed by atoms with Crippen LogP contribution in [0.2, 0.25) is 18.1 Å². The molecule has 1 unspecified atom stereocenters. The summed E-state index contributed by atoms with van der Waals surface area (Å²) in [5.74, 6) is 1.06. The quantitative estimate of drug-likeness (QED) is 0.235. The first-order valence-electron chi connectivity index (χ1n) is 13.4. The van der Waals surface area contributed by atoms with E-state index in [1.807, 2.05) is 12.1 Å². The van der Waals surface area contributed by atoms with Crippen molar-refractivity contribution in [2.24, 2.45) is 0 Å². The predicted octanol–water partition coefficient (Wildman–Crippen LogP) is 7.18. The van der Waals surface area contributed by atoms with Gasteiger partial charge in [0.1, 0.15) is 5.75 Å². The van der Waals surface area contributed by atoms with Crippen molar-refractivity contribution in [3.63, 3.8) is 0 Å². The van der Waals surface area contributed by atoms with Gasteiger partial charge in [-0.3, -0.25) is 14.6 Å². The summed E-state index contributed by atoms with van der Waals surface area (Å²) >= 11 is 0. The Labute approximate surface area is 224 Å². The Hall–Kier alpha value is -2.73. The Morgan fingerprint density at radius 2 is 1.51 bits per heavy atom. The monoisotopic (exact) mass is 514 g/mol. The summed E-state index contributed by atoms with van der Waals surface area (Å²) in [4.78, 5) is 17.0. The molecule has 1 saturated heterocycles. The fourth-order valence-electron chi connectivity index (χ4n) is 4.73. The zero-order valence-electron chi connectivity index (χ0n) is 23.3. The number of hydrogen-bond acceptors (Lipinski definition) is 4. The summed E-state index contributed by atoms with van der Waals surface area (Å²) in [7, 11) is -1.95. The molecule has 0 radical (unpaired) electrons. The third kappa shape index (κ3) is 6.78. The number of rotatable bonds is 8. The van der Waals surface area contributed by atoms with E-state index in [2.05, 4.69) is 110 Å². The van der Waals surface area contributed by atoms with Gasteiger partial charge < -0.3 is 4.43 Å². The fraction of sp³-hybridized carbons (Fsp3) is 0.406. The summed E-state index contributed by atoms with van der Waals surface area (Å²) in [5.41, 5.74) is 4.57. The van der Waals surface area contributed by atoms with Gasteiger partial charge in [0.25, 0.3) is 0 Å². The molecule has 0 aromatic heterocycles. The smallest absolute Gasteiger partial charge is 0.250 e. The molecule has 3 aromatic rings. The van der Waals surface area contributed by atoms with E-state index >= 15 is 0 Å². The van der Waals surface area contributed by atoms with E-state index in [1.165, 1.54) is 16.7 Å². The molecule has 0 N–H and O–H groups in total. The van der Waals surface area contributed by atoms with Crippen molar-refractivity contribution in [2.75, 3.05) is 26.2 Å². The largest absolute Gasteiger partial charge is 0.543 e. The van der Waals surface area contributed by atoms with Crippen molar-refractivity contribution >= 4 is 14.1 Å². The molecule has 0 saturated carbocycles. The van der Waals surface area contributed by atoms with E-state index in [9.17, 15) is 4.79 Å². The molecule has 0 amide bonds. The Kier molecular flexibility index (Phi) is 8.37. The van der Waals surface area contributed by atoms with E-state index in [0.29, 0.717) is 0 Å². The maximum atomic E-state index is 11.9. The highest BCUT2D eigenvalue weighted by molar-refractivity contribution is 6.74. The number of Topliss-reactive ketones (excluding diaryl/α,β-unsaturated/α-hetero) is 1. The first kappa shape index (κ1) is 27.3. The molecule has 3 aromatic carbocycles. The highest BCUT2D eigenvalue weighted by Gasteiger charge is 2.39. The maximum Gasteiger partial charge on any atom is 0.250 e. The molecule has 196 valence electrons. The molecule has 1 aliphatic heterocycles. The summed E-state index contributed by atoms with van der Waals surface area (Å²) in [6.07, 6.45) is 0. The van der Waals surface area contributed by atoms with Crippen LogP contribution in [0, 0.1) is 0 Å². The SMILES string of the molecule is CC(=O)c1ccc(C(c2cccc(O[Si](C)(C)C(C)(C)C)c2)N2CCN(Cc3ccccc3)CC2)cc1. The van der Waals surface area contributed by atoms with Crippen molar-refractivity contribution in [2.45, 2.75) is 58.4 Å². The third-order valence-corrected chi connectivity index (χ3v) is 12.4. The Balaban J connectivity index is 1.59. The highest BCUT2D eigenvalue weighted by Crippen LogP contribution is 2.38. The van der Waals surface area contributed by atoms with E-state index in [-0.39, 0.29) is 16.9 Å². The summed E-state index contributed by atoms with van der Waals surface area (Å²) < 4.78 is 6.68. The molecule has 1 aliphatic rings. The van der Waals surface area contributed by atoms with Crippen LogP contribution in [0.3, 0.4) is 0 Å². The third-order valence-electron chi connectivity index (χ3n) is 8.01. The van der Waals surface area contributed by atoms with E-state index < -0.39 is 8.32 Å². The van der Waals surface area contributed by atoms with E-state index in [0.717, 1.165) is 44.0 Å². The number of hydrogen-bond donors (Lipinski definition) is 0. The molecule has 0 spiro atoms. The standard InChI is InChI=1S/C32H42N2O2Si/c1-25(35)27-15-17-28(18-16-27)31(29-13-10-14-30(23-29)36-37(5,6)32(2,3)4)34-21-19-33(20-22-34)24-26-11-8-7-9-12-26/h7-18,23,31H,19-22,24H2,1-6H3. The minimum absolute atomic E-state index is 0.0994. The van der Waals surface area contributed by atoms with E-state index in [4.69, 9.17) is 4.43 Å². The second-order valence-corrected chi connectivity index (χ2v) is 16.5. The van der Waals surface area contributed by atoms with Gasteiger partial charge in [0.15, 0.2) is 5.78 Å². The zero-order valence-corrected chi connectivity index (χ0v) is 24.3. The highest BCUT2D eigenvalue weighted by atomic mass is 28.4.